The van der Waals surface area contributed by atoms with Gasteiger partial charge in [0.2, 0.25) is 5.95 Å². The third kappa shape index (κ3) is 2.64. The Kier molecular flexibility index (Phi) is 4.06. The quantitative estimate of drug-likeness (QED) is 0.623. The van der Waals surface area contributed by atoms with Gasteiger partial charge in [-0.25, -0.2) is 9.80 Å². The van der Waals surface area contributed by atoms with Gasteiger partial charge in [-0.1, -0.05) is 28.1 Å². The van der Waals surface area contributed by atoms with Gasteiger partial charge in [0.1, 0.15) is 0 Å². The zero-order valence-corrected chi connectivity index (χ0v) is 17.1. The maximum absolute atomic E-state index is 12.8. The summed E-state index contributed by atoms with van der Waals surface area (Å²) in [5.41, 5.74) is 1.97. The van der Waals surface area contributed by atoms with Crippen molar-refractivity contribution in [2.45, 2.75) is 26.4 Å². The minimum absolute atomic E-state index is 0.128. The molecule has 0 spiro atoms. The topological polar surface area (TPSA) is 77.4 Å². The molecule has 2 aromatic heterocycles. The van der Waals surface area contributed by atoms with Crippen molar-refractivity contribution >= 4 is 38.8 Å². The lowest BCUT2D eigenvalue weighted by Gasteiger charge is -2.29. The number of aryl methyl sites for hydroxylation is 1. The Morgan fingerprint density at radius 2 is 1.78 bits per heavy atom. The highest BCUT2D eigenvalue weighted by atomic mass is 79.9. The average Bonchev–Trinajstić information content (AvgIpc) is 3.05. The summed E-state index contributed by atoms with van der Waals surface area (Å²) in [6, 6.07) is 7.84. The molecular formula is C18H19BrN6O2. The summed E-state index contributed by atoms with van der Waals surface area (Å²) in [4.78, 5) is 29.7. The Balaban J connectivity index is 1.95. The van der Waals surface area contributed by atoms with Crippen molar-refractivity contribution in [1.29, 1.82) is 0 Å². The van der Waals surface area contributed by atoms with E-state index in [9.17, 15) is 9.59 Å². The molecule has 0 saturated heterocycles. The predicted molar refractivity (Wildman–Crippen MR) is 108 cm³/mol. The van der Waals surface area contributed by atoms with E-state index < -0.39 is 5.69 Å². The van der Waals surface area contributed by atoms with E-state index in [1.165, 1.54) is 11.6 Å². The van der Waals surface area contributed by atoms with Crippen LogP contribution in [-0.4, -0.2) is 24.4 Å². The lowest BCUT2D eigenvalue weighted by atomic mass is 10.2. The lowest BCUT2D eigenvalue weighted by Crippen LogP contribution is -2.38. The normalized spacial score (nSPS) is 16.6. The minimum Gasteiger partial charge on any atom is -0.294 e. The van der Waals surface area contributed by atoms with Gasteiger partial charge < -0.3 is 0 Å². The van der Waals surface area contributed by atoms with Gasteiger partial charge >= 0.3 is 5.69 Å². The number of hydrogen-bond acceptors (Lipinski definition) is 5. The van der Waals surface area contributed by atoms with E-state index in [0.717, 1.165) is 20.3 Å². The fourth-order valence-corrected chi connectivity index (χ4v) is 3.59. The second kappa shape index (κ2) is 6.19. The highest BCUT2D eigenvalue weighted by Crippen LogP contribution is 2.30. The molecule has 140 valence electrons. The number of fused-ring (bicyclic) bond motifs is 3. The molecule has 0 radical (unpaired) electrons. The van der Waals surface area contributed by atoms with Gasteiger partial charge in [0, 0.05) is 18.6 Å². The molecular weight excluding hydrogens is 412 g/mol. The van der Waals surface area contributed by atoms with Gasteiger partial charge in [0.05, 0.1) is 18.3 Å². The molecule has 0 saturated carbocycles. The third-order valence-corrected chi connectivity index (χ3v) is 5.55. The van der Waals surface area contributed by atoms with Crippen LogP contribution in [0.1, 0.15) is 25.5 Å². The number of aromatic nitrogens is 4. The van der Waals surface area contributed by atoms with Crippen LogP contribution in [-0.2, 0) is 20.6 Å². The zero-order valence-electron chi connectivity index (χ0n) is 15.5. The first kappa shape index (κ1) is 17.7. The molecule has 0 aliphatic carbocycles. The number of halogens is 1. The lowest BCUT2D eigenvalue weighted by molar-refractivity contribution is 0.634. The Labute approximate surface area is 163 Å². The van der Waals surface area contributed by atoms with Gasteiger partial charge in [0.15, 0.2) is 11.2 Å². The van der Waals surface area contributed by atoms with Crippen LogP contribution in [0.3, 0.4) is 0 Å². The molecule has 8 nitrogen and oxygen atoms in total. The van der Waals surface area contributed by atoms with Crippen LogP contribution >= 0.6 is 15.9 Å². The molecule has 27 heavy (non-hydrogen) atoms. The number of anilines is 1. The van der Waals surface area contributed by atoms with Crippen molar-refractivity contribution in [3.63, 3.8) is 0 Å². The van der Waals surface area contributed by atoms with Gasteiger partial charge in [-0.3, -0.25) is 18.5 Å². The number of hydrazone groups is 1. The second-order valence-electron chi connectivity index (χ2n) is 6.76. The number of hydrogen-bond donors (Lipinski definition) is 0. The molecule has 9 heteroatoms. The molecule has 0 amide bonds. The Hall–Kier alpha value is -2.68. The van der Waals surface area contributed by atoms with Gasteiger partial charge in [-0.05, 0) is 31.5 Å². The Bertz CT molecular complexity index is 1200. The van der Waals surface area contributed by atoms with Crippen molar-refractivity contribution in [2.75, 3.05) is 5.01 Å². The first-order valence-electron chi connectivity index (χ1n) is 8.54. The SMILES string of the molecule is CC1=NN(Cc2ccc(Br)cc2)c2nc3c(c(=O)n(C)c(=O)n3C)n2C1C. The van der Waals surface area contributed by atoms with Gasteiger partial charge in [-0.15, -0.1) is 0 Å². The predicted octanol–water partition coefficient (Wildman–Crippen LogP) is 2.15. The summed E-state index contributed by atoms with van der Waals surface area (Å²) < 4.78 is 5.40. The molecule has 1 unspecified atom stereocenters. The smallest absolute Gasteiger partial charge is 0.294 e. The molecule has 0 bridgehead atoms. The Morgan fingerprint density at radius 1 is 1.11 bits per heavy atom. The number of benzene rings is 1. The van der Waals surface area contributed by atoms with Gasteiger partial charge in [0.25, 0.3) is 5.56 Å². The summed E-state index contributed by atoms with van der Waals surface area (Å²) in [6.45, 7) is 4.42. The van der Waals surface area contributed by atoms with Crippen molar-refractivity contribution in [2.24, 2.45) is 19.2 Å². The Morgan fingerprint density at radius 3 is 2.44 bits per heavy atom. The van der Waals surface area contributed by atoms with E-state index in [4.69, 9.17) is 0 Å². The molecule has 0 N–H and O–H groups in total. The summed E-state index contributed by atoms with van der Waals surface area (Å²) in [7, 11) is 3.11. The minimum atomic E-state index is -0.396. The third-order valence-electron chi connectivity index (χ3n) is 5.02. The second-order valence-corrected chi connectivity index (χ2v) is 7.68. The molecule has 1 aromatic carbocycles. The fraction of sp³-hybridized carbons (Fsp3) is 0.333. The van der Waals surface area contributed by atoms with Crippen molar-refractivity contribution in [3.05, 3.63) is 55.1 Å². The van der Waals surface area contributed by atoms with Crippen LogP contribution in [0, 0.1) is 0 Å². The molecule has 1 aliphatic rings. The number of nitrogens with zero attached hydrogens (tertiary/aromatic N) is 6. The zero-order chi connectivity index (χ0) is 19.5. The first-order chi connectivity index (χ1) is 12.8. The van der Waals surface area contributed by atoms with E-state index in [2.05, 4.69) is 26.0 Å². The van der Waals surface area contributed by atoms with E-state index in [1.807, 2.05) is 42.7 Å². The first-order valence-corrected chi connectivity index (χ1v) is 9.34. The standard InChI is InChI=1S/C18H19BrN6O2/c1-10-11(2)25-14-15(22(3)18(27)23(4)16(14)26)20-17(25)24(21-10)9-12-5-7-13(19)8-6-12/h5-8,11H,9H2,1-4H3. The molecule has 3 heterocycles. The number of rotatable bonds is 2. The maximum atomic E-state index is 12.8. The maximum Gasteiger partial charge on any atom is 0.332 e. The van der Waals surface area contributed by atoms with Crippen LogP contribution in [0.25, 0.3) is 11.2 Å². The monoisotopic (exact) mass is 430 g/mol. The van der Waals surface area contributed by atoms with Crippen LogP contribution in [0.4, 0.5) is 5.95 Å². The summed E-state index contributed by atoms with van der Waals surface area (Å²) >= 11 is 3.44. The van der Waals surface area contributed by atoms with Crippen molar-refractivity contribution in [3.8, 4) is 0 Å². The van der Waals surface area contributed by atoms with E-state index in [-0.39, 0.29) is 11.6 Å². The van der Waals surface area contributed by atoms with Crippen molar-refractivity contribution in [1.82, 2.24) is 18.7 Å². The van der Waals surface area contributed by atoms with Crippen molar-refractivity contribution < 1.29 is 0 Å². The van der Waals surface area contributed by atoms with Crippen LogP contribution in [0.2, 0.25) is 0 Å². The summed E-state index contributed by atoms with van der Waals surface area (Å²) in [5, 5.41) is 6.46. The summed E-state index contributed by atoms with van der Waals surface area (Å²) in [6.07, 6.45) is 0. The molecule has 4 rings (SSSR count). The molecule has 3 aromatic rings. The molecule has 1 aliphatic heterocycles. The highest BCUT2D eigenvalue weighted by Gasteiger charge is 2.30. The van der Waals surface area contributed by atoms with Crippen LogP contribution < -0.4 is 16.3 Å². The number of imidazole rings is 1. The fourth-order valence-electron chi connectivity index (χ4n) is 3.33. The largest absolute Gasteiger partial charge is 0.332 e. The van der Waals surface area contributed by atoms with E-state index in [0.29, 0.717) is 23.7 Å². The van der Waals surface area contributed by atoms with E-state index >= 15 is 0 Å². The molecule has 1 atom stereocenters. The average molecular weight is 431 g/mol. The van der Waals surface area contributed by atoms with E-state index in [1.54, 1.807) is 12.1 Å². The van der Waals surface area contributed by atoms with Gasteiger partial charge in [-0.2, -0.15) is 10.1 Å². The summed E-state index contributed by atoms with van der Waals surface area (Å²) in [5.74, 6) is 0.560. The van der Waals surface area contributed by atoms with Crippen LogP contribution in [0.5, 0.6) is 0 Å². The molecule has 0 fully saturated rings. The highest BCUT2D eigenvalue weighted by molar-refractivity contribution is 9.10. The van der Waals surface area contributed by atoms with Crippen LogP contribution in [0.15, 0.2) is 43.4 Å².